The Hall–Kier alpha value is -2.36. The summed E-state index contributed by atoms with van der Waals surface area (Å²) in [5.74, 6) is -3.33. The summed E-state index contributed by atoms with van der Waals surface area (Å²) in [4.78, 5) is 36.0. The van der Waals surface area contributed by atoms with Crippen LogP contribution >= 0.6 is 0 Å². The Bertz CT molecular complexity index is 456. The molecule has 0 aromatic carbocycles. The largest absolute Gasteiger partial charge is 0.481 e. The van der Waals surface area contributed by atoms with Crippen LogP contribution in [0.3, 0.4) is 0 Å². The van der Waals surface area contributed by atoms with Crippen molar-refractivity contribution in [2.24, 2.45) is 0 Å². The molecule has 0 radical (unpaired) electrons. The lowest BCUT2D eigenvalue weighted by Gasteiger charge is -2.42. The minimum Gasteiger partial charge on any atom is -0.481 e. The molecule has 32 heavy (non-hydrogen) atoms. The third kappa shape index (κ3) is 25.7. The van der Waals surface area contributed by atoms with Gasteiger partial charge < -0.3 is 50.9 Å². The molecular formula is C18H37NO13. The molecule has 0 bridgehead atoms. The van der Waals surface area contributed by atoms with Gasteiger partial charge in [0.05, 0.1) is 6.61 Å². The molecule has 1 fully saturated rings. The van der Waals surface area contributed by atoms with Crippen LogP contribution in [-0.2, 0) is 23.9 Å². The first-order valence-corrected chi connectivity index (χ1v) is 9.25. The summed E-state index contributed by atoms with van der Waals surface area (Å²) in [7, 11) is 1.73. The highest BCUT2D eigenvalue weighted by molar-refractivity contribution is 5.63. The second-order valence-corrected chi connectivity index (χ2v) is 6.17. The summed E-state index contributed by atoms with van der Waals surface area (Å²) in [6.07, 6.45) is -4.49. The second kappa shape index (κ2) is 21.9. The highest BCUT2D eigenvalue weighted by Gasteiger charge is 2.45. The number of aliphatic hydroxyl groups excluding tert-OH is 4. The number of carboxylic acid groups (broad SMARTS) is 4. The first kappa shape index (κ1) is 37.0. The molecule has 192 valence electrons. The zero-order valence-corrected chi connectivity index (χ0v) is 19.0. The van der Waals surface area contributed by atoms with Crippen LogP contribution in [0.2, 0.25) is 0 Å². The minimum absolute atomic E-state index is 0.133. The standard InChI is InChI=1S/C10H21NO5.4C2H4O2/c1-3-5(11-2)10-9(15)8(14)7(13)6(4-12)16-10;4*1-2(3)4/h5-15H,3-4H2,1-2H3;4*1H3,(H,3,4)/t5?,6-,7-,8+,9-,10?;;;;/m1..../s1. The zero-order valence-electron chi connectivity index (χ0n) is 19.0. The average molecular weight is 475 g/mol. The Morgan fingerprint density at radius 1 is 0.781 bits per heavy atom. The molecule has 0 spiro atoms. The molecule has 2 unspecified atom stereocenters. The minimum atomic E-state index is -1.29. The van der Waals surface area contributed by atoms with Crippen molar-refractivity contribution in [3.63, 3.8) is 0 Å². The summed E-state index contributed by atoms with van der Waals surface area (Å²) in [6.45, 7) is 5.87. The summed E-state index contributed by atoms with van der Waals surface area (Å²) >= 11 is 0. The maximum atomic E-state index is 9.80. The van der Waals surface area contributed by atoms with Gasteiger partial charge in [-0.3, -0.25) is 19.2 Å². The van der Waals surface area contributed by atoms with Crippen LogP contribution in [-0.4, -0.2) is 115 Å². The van der Waals surface area contributed by atoms with E-state index in [4.69, 9.17) is 49.4 Å². The van der Waals surface area contributed by atoms with Crippen LogP contribution in [0.15, 0.2) is 0 Å². The van der Waals surface area contributed by atoms with E-state index in [0.29, 0.717) is 6.42 Å². The number of hydrogen-bond acceptors (Lipinski definition) is 10. The summed E-state index contributed by atoms with van der Waals surface area (Å²) in [5, 5.41) is 70.6. The van der Waals surface area contributed by atoms with Crippen LogP contribution in [0, 0.1) is 0 Å². The molecule has 14 nitrogen and oxygen atoms in total. The van der Waals surface area contributed by atoms with Crippen molar-refractivity contribution in [3.05, 3.63) is 0 Å². The molecule has 1 rings (SSSR count). The third-order valence-electron chi connectivity index (χ3n) is 3.14. The lowest BCUT2D eigenvalue weighted by atomic mass is 9.90. The fourth-order valence-corrected chi connectivity index (χ4v) is 2.06. The number of ether oxygens (including phenoxy) is 1. The Labute approximate surface area is 186 Å². The van der Waals surface area contributed by atoms with E-state index in [2.05, 4.69) is 5.32 Å². The molecule has 0 aromatic rings. The smallest absolute Gasteiger partial charge is 0.300 e. The zero-order chi connectivity index (χ0) is 26.6. The Morgan fingerprint density at radius 3 is 1.31 bits per heavy atom. The third-order valence-corrected chi connectivity index (χ3v) is 3.14. The van der Waals surface area contributed by atoms with E-state index in [0.717, 1.165) is 27.7 Å². The number of nitrogens with one attached hydrogen (secondary N) is 1. The monoisotopic (exact) mass is 475 g/mol. The van der Waals surface area contributed by atoms with Crippen molar-refractivity contribution in [2.75, 3.05) is 13.7 Å². The SMILES string of the molecule is CC(=O)O.CC(=O)O.CC(=O)O.CC(=O)O.CCC(NC)C1O[C@H](CO)[C@@H](O)[C@H](O)[C@H]1O. The van der Waals surface area contributed by atoms with Gasteiger partial charge in [-0.05, 0) is 13.5 Å². The van der Waals surface area contributed by atoms with Crippen molar-refractivity contribution >= 4 is 23.9 Å². The van der Waals surface area contributed by atoms with Gasteiger partial charge in [0.1, 0.15) is 30.5 Å². The number of aliphatic hydroxyl groups is 4. The molecule has 1 heterocycles. The van der Waals surface area contributed by atoms with Crippen molar-refractivity contribution < 1.29 is 64.8 Å². The molecule has 0 saturated carbocycles. The quantitative estimate of drug-likeness (QED) is 0.217. The van der Waals surface area contributed by atoms with Crippen LogP contribution in [0.1, 0.15) is 41.0 Å². The predicted molar refractivity (Wildman–Crippen MR) is 110 cm³/mol. The number of hydrogen-bond donors (Lipinski definition) is 9. The molecule has 0 amide bonds. The first-order valence-electron chi connectivity index (χ1n) is 9.25. The van der Waals surface area contributed by atoms with Gasteiger partial charge in [0.15, 0.2) is 0 Å². The Balaban J connectivity index is -0.000000200. The van der Waals surface area contributed by atoms with Crippen molar-refractivity contribution in [1.82, 2.24) is 5.32 Å². The molecule has 1 saturated heterocycles. The van der Waals surface area contributed by atoms with Gasteiger partial charge in [-0.2, -0.15) is 0 Å². The van der Waals surface area contributed by atoms with Gasteiger partial charge in [-0.1, -0.05) is 6.92 Å². The van der Waals surface area contributed by atoms with Gasteiger partial charge in [-0.25, -0.2) is 0 Å². The molecule has 6 atom stereocenters. The molecule has 1 aliphatic rings. The lowest BCUT2D eigenvalue weighted by Crippen LogP contribution is -2.63. The highest BCUT2D eigenvalue weighted by atomic mass is 16.5. The first-order chi connectivity index (χ1) is 14.5. The fraction of sp³-hybridized carbons (Fsp3) is 0.778. The highest BCUT2D eigenvalue weighted by Crippen LogP contribution is 2.24. The number of carbonyl (C=O) groups is 4. The average Bonchev–Trinajstić information content (AvgIpc) is 2.60. The van der Waals surface area contributed by atoms with Crippen molar-refractivity contribution in [3.8, 4) is 0 Å². The second-order valence-electron chi connectivity index (χ2n) is 6.17. The van der Waals surface area contributed by atoms with Gasteiger partial charge >= 0.3 is 0 Å². The van der Waals surface area contributed by atoms with Crippen LogP contribution < -0.4 is 5.32 Å². The van der Waals surface area contributed by atoms with E-state index in [1.807, 2.05) is 6.92 Å². The topological polar surface area (TPSA) is 251 Å². The van der Waals surface area contributed by atoms with E-state index >= 15 is 0 Å². The molecule has 1 aliphatic heterocycles. The Morgan fingerprint density at radius 2 is 1.09 bits per heavy atom. The van der Waals surface area contributed by atoms with E-state index in [1.54, 1.807) is 7.05 Å². The van der Waals surface area contributed by atoms with E-state index in [-0.39, 0.29) is 12.6 Å². The normalized spacial score (nSPS) is 24.1. The maximum Gasteiger partial charge on any atom is 0.300 e. The summed E-state index contributed by atoms with van der Waals surface area (Å²) in [5.41, 5.74) is 0. The van der Waals surface area contributed by atoms with Crippen molar-refractivity contribution in [1.29, 1.82) is 0 Å². The number of aliphatic carboxylic acids is 4. The molecule has 0 aliphatic carbocycles. The van der Waals surface area contributed by atoms with E-state index < -0.39 is 54.4 Å². The fourth-order valence-electron chi connectivity index (χ4n) is 2.06. The van der Waals surface area contributed by atoms with E-state index in [1.165, 1.54) is 0 Å². The summed E-state index contributed by atoms with van der Waals surface area (Å²) < 4.78 is 5.40. The van der Waals surface area contributed by atoms with Crippen LogP contribution in [0.5, 0.6) is 0 Å². The van der Waals surface area contributed by atoms with Gasteiger partial charge in [0, 0.05) is 33.7 Å². The van der Waals surface area contributed by atoms with Crippen LogP contribution in [0.25, 0.3) is 0 Å². The van der Waals surface area contributed by atoms with Gasteiger partial charge in [0.2, 0.25) is 0 Å². The number of likely N-dealkylation sites (N-methyl/N-ethyl adjacent to an activating group) is 1. The molecule has 0 aromatic heterocycles. The number of rotatable bonds is 4. The van der Waals surface area contributed by atoms with E-state index in [9.17, 15) is 15.3 Å². The molecule has 14 heteroatoms. The number of carboxylic acids is 4. The van der Waals surface area contributed by atoms with Crippen molar-refractivity contribution in [2.45, 2.75) is 77.6 Å². The summed E-state index contributed by atoms with van der Waals surface area (Å²) in [6, 6.07) is -0.133. The lowest BCUT2D eigenvalue weighted by molar-refractivity contribution is -0.235. The predicted octanol–water partition coefficient (Wildman–Crippen LogP) is -1.81. The molecular weight excluding hydrogens is 438 g/mol. The Kier molecular flexibility index (Phi) is 25.3. The van der Waals surface area contributed by atoms with Gasteiger partial charge in [0.25, 0.3) is 23.9 Å². The van der Waals surface area contributed by atoms with Gasteiger partial charge in [-0.15, -0.1) is 0 Å². The maximum absolute atomic E-state index is 9.80. The van der Waals surface area contributed by atoms with Crippen LogP contribution in [0.4, 0.5) is 0 Å². The molecule has 9 N–H and O–H groups in total.